The summed E-state index contributed by atoms with van der Waals surface area (Å²) in [6, 6.07) is 7.11. The number of hydrogen-bond donors (Lipinski definition) is 1. The minimum absolute atomic E-state index is 0.0630. The van der Waals surface area contributed by atoms with Crippen molar-refractivity contribution in [1.29, 1.82) is 0 Å². The van der Waals surface area contributed by atoms with Crippen LogP contribution in [0.4, 0.5) is 0 Å². The first-order valence-corrected chi connectivity index (χ1v) is 6.44. The molecule has 0 spiro atoms. The lowest BCUT2D eigenvalue weighted by Crippen LogP contribution is -2.53. The molecule has 0 aliphatic carbocycles. The third-order valence-electron chi connectivity index (χ3n) is 3.59. The average molecular weight is 248 g/mol. The Balaban J connectivity index is 2.10. The summed E-state index contributed by atoms with van der Waals surface area (Å²) in [7, 11) is 0. The fourth-order valence-corrected chi connectivity index (χ4v) is 2.47. The first-order chi connectivity index (χ1) is 8.63. The number of rotatable bonds is 2. The SMILES string of the molecule is CCN1CCN(C(=O)c2ccccc2O)CC1C. The molecule has 1 amide bonds. The third kappa shape index (κ3) is 2.48. The van der Waals surface area contributed by atoms with Crippen molar-refractivity contribution >= 4 is 5.91 Å². The second-order valence-corrected chi connectivity index (χ2v) is 4.75. The summed E-state index contributed by atoms with van der Waals surface area (Å²) in [4.78, 5) is 16.5. The topological polar surface area (TPSA) is 43.8 Å². The molecule has 4 heteroatoms. The maximum atomic E-state index is 12.3. The van der Waals surface area contributed by atoms with E-state index >= 15 is 0 Å². The summed E-state index contributed by atoms with van der Waals surface area (Å²) < 4.78 is 0. The molecule has 0 radical (unpaired) electrons. The van der Waals surface area contributed by atoms with Crippen molar-refractivity contribution in [2.45, 2.75) is 19.9 Å². The summed E-state index contributed by atoms with van der Waals surface area (Å²) in [5.74, 6) is -0.0104. The fourth-order valence-electron chi connectivity index (χ4n) is 2.47. The molecule has 1 aromatic carbocycles. The Labute approximate surface area is 108 Å². The average Bonchev–Trinajstić information content (AvgIpc) is 2.38. The van der Waals surface area contributed by atoms with Gasteiger partial charge in [0.15, 0.2) is 0 Å². The highest BCUT2D eigenvalue weighted by Crippen LogP contribution is 2.19. The van der Waals surface area contributed by atoms with E-state index in [2.05, 4.69) is 18.7 Å². The molecule has 0 bridgehead atoms. The maximum absolute atomic E-state index is 12.3. The van der Waals surface area contributed by atoms with E-state index in [0.717, 1.165) is 26.2 Å². The number of carbonyl (C=O) groups is 1. The lowest BCUT2D eigenvalue weighted by molar-refractivity contribution is 0.0525. The van der Waals surface area contributed by atoms with Crippen LogP contribution in [0.5, 0.6) is 5.75 Å². The van der Waals surface area contributed by atoms with E-state index in [0.29, 0.717) is 11.6 Å². The second-order valence-electron chi connectivity index (χ2n) is 4.75. The first kappa shape index (κ1) is 12.9. The van der Waals surface area contributed by atoms with Crippen LogP contribution in [0.15, 0.2) is 24.3 Å². The van der Waals surface area contributed by atoms with Gasteiger partial charge in [0.1, 0.15) is 5.75 Å². The number of nitrogens with zero attached hydrogens (tertiary/aromatic N) is 2. The van der Waals surface area contributed by atoms with Crippen LogP contribution >= 0.6 is 0 Å². The van der Waals surface area contributed by atoms with Crippen LogP contribution in [0.3, 0.4) is 0 Å². The number of amides is 1. The van der Waals surface area contributed by atoms with Crippen molar-refractivity contribution in [2.75, 3.05) is 26.2 Å². The molecule has 0 aromatic heterocycles. The van der Waals surface area contributed by atoms with Crippen LogP contribution in [0, 0.1) is 0 Å². The Bertz CT molecular complexity index is 434. The third-order valence-corrected chi connectivity index (χ3v) is 3.59. The first-order valence-electron chi connectivity index (χ1n) is 6.44. The summed E-state index contributed by atoms with van der Waals surface area (Å²) >= 11 is 0. The maximum Gasteiger partial charge on any atom is 0.257 e. The highest BCUT2D eigenvalue weighted by molar-refractivity contribution is 5.96. The van der Waals surface area contributed by atoms with Crippen LogP contribution in [0.25, 0.3) is 0 Å². The number of likely N-dealkylation sites (N-methyl/N-ethyl adjacent to an activating group) is 1. The van der Waals surface area contributed by atoms with Gasteiger partial charge in [-0.2, -0.15) is 0 Å². The van der Waals surface area contributed by atoms with Gasteiger partial charge >= 0.3 is 0 Å². The van der Waals surface area contributed by atoms with E-state index in [1.807, 2.05) is 4.90 Å². The molecule has 18 heavy (non-hydrogen) atoms. The van der Waals surface area contributed by atoms with Gasteiger partial charge in [-0.05, 0) is 25.6 Å². The van der Waals surface area contributed by atoms with Gasteiger partial charge in [-0.15, -0.1) is 0 Å². The predicted molar refractivity (Wildman–Crippen MR) is 70.7 cm³/mol. The summed E-state index contributed by atoms with van der Waals surface area (Å²) in [6.45, 7) is 7.63. The Morgan fingerprint density at radius 3 is 2.72 bits per heavy atom. The zero-order valence-electron chi connectivity index (χ0n) is 11.0. The van der Waals surface area contributed by atoms with E-state index in [4.69, 9.17) is 0 Å². The minimum atomic E-state index is -0.0734. The van der Waals surface area contributed by atoms with Crippen LogP contribution in [-0.4, -0.2) is 53.0 Å². The summed E-state index contributed by atoms with van der Waals surface area (Å²) in [5, 5.41) is 9.72. The molecule has 2 rings (SSSR count). The highest BCUT2D eigenvalue weighted by Gasteiger charge is 2.27. The van der Waals surface area contributed by atoms with E-state index in [1.54, 1.807) is 24.3 Å². The van der Waals surface area contributed by atoms with E-state index < -0.39 is 0 Å². The molecule has 1 saturated heterocycles. The van der Waals surface area contributed by atoms with Gasteiger partial charge in [-0.1, -0.05) is 19.1 Å². The van der Waals surface area contributed by atoms with Crippen molar-refractivity contribution in [1.82, 2.24) is 9.80 Å². The Morgan fingerprint density at radius 1 is 1.39 bits per heavy atom. The molecule has 1 heterocycles. The normalized spacial score (nSPS) is 21.0. The standard InChI is InChI=1S/C14H20N2O2/c1-3-15-8-9-16(10-11(15)2)14(18)12-6-4-5-7-13(12)17/h4-7,11,17H,3,8-10H2,1-2H3. The van der Waals surface area contributed by atoms with Gasteiger partial charge in [0.2, 0.25) is 0 Å². The van der Waals surface area contributed by atoms with Gasteiger partial charge in [0.05, 0.1) is 5.56 Å². The van der Waals surface area contributed by atoms with E-state index in [9.17, 15) is 9.90 Å². The number of phenols is 1. The Hall–Kier alpha value is -1.55. The van der Waals surface area contributed by atoms with Crippen molar-refractivity contribution in [3.63, 3.8) is 0 Å². The highest BCUT2D eigenvalue weighted by atomic mass is 16.3. The van der Waals surface area contributed by atoms with Crippen molar-refractivity contribution in [3.8, 4) is 5.75 Å². The van der Waals surface area contributed by atoms with Crippen LogP contribution < -0.4 is 0 Å². The molecular formula is C14H20N2O2. The summed E-state index contributed by atoms with van der Waals surface area (Å²) in [6.07, 6.45) is 0. The number of hydrogen-bond acceptors (Lipinski definition) is 3. The molecule has 1 unspecified atom stereocenters. The van der Waals surface area contributed by atoms with Gasteiger partial charge in [-0.3, -0.25) is 9.69 Å². The summed E-state index contributed by atoms with van der Waals surface area (Å²) in [5.41, 5.74) is 0.398. The van der Waals surface area contributed by atoms with Gasteiger partial charge in [-0.25, -0.2) is 0 Å². The monoisotopic (exact) mass is 248 g/mol. The van der Waals surface area contributed by atoms with Crippen molar-refractivity contribution in [2.24, 2.45) is 0 Å². The number of phenolic OH excluding ortho intramolecular Hbond substituents is 1. The Morgan fingerprint density at radius 2 is 2.11 bits per heavy atom. The molecule has 98 valence electrons. The Kier molecular flexibility index (Phi) is 3.87. The molecule has 1 aromatic rings. The molecular weight excluding hydrogens is 228 g/mol. The molecule has 0 saturated carbocycles. The van der Waals surface area contributed by atoms with Crippen molar-refractivity contribution < 1.29 is 9.90 Å². The number of carbonyl (C=O) groups excluding carboxylic acids is 1. The van der Waals surface area contributed by atoms with E-state index in [-0.39, 0.29) is 11.7 Å². The van der Waals surface area contributed by atoms with Gasteiger partial charge < -0.3 is 10.0 Å². The van der Waals surface area contributed by atoms with Crippen LogP contribution in [-0.2, 0) is 0 Å². The minimum Gasteiger partial charge on any atom is -0.507 e. The number of piperazine rings is 1. The number of benzene rings is 1. The van der Waals surface area contributed by atoms with E-state index in [1.165, 1.54) is 0 Å². The molecule has 1 fully saturated rings. The smallest absolute Gasteiger partial charge is 0.257 e. The second kappa shape index (κ2) is 5.40. The zero-order valence-corrected chi connectivity index (χ0v) is 11.0. The zero-order chi connectivity index (χ0) is 13.1. The number of para-hydroxylation sites is 1. The molecule has 1 N–H and O–H groups in total. The quantitative estimate of drug-likeness (QED) is 0.863. The molecule has 1 aliphatic heterocycles. The predicted octanol–water partition coefficient (Wildman–Crippen LogP) is 1.56. The molecule has 1 atom stereocenters. The lowest BCUT2D eigenvalue weighted by Gasteiger charge is -2.39. The fraction of sp³-hybridized carbons (Fsp3) is 0.500. The number of aromatic hydroxyl groups is 1. The van der Waals surface area contributed by atoms with Gasteiger partial charge in [0, 0.05) is 25.7 Å². The van der Waals surface area contributed by atoms with Crippen molar-refractivity contribution in [3.05, 3.63) is 29.8 Å². The van der Waals surface area contributed by atoms with Crippen LogP contribution in [0.1, 0.15) is 24.2 Å². The lowest BCUT2D eigenvalue weighted by atomic mass is 10.1. The molecule has 1 aliphatic rings. The largest absolute Gasteiger partial charge is 0.507 e. The van der Waals surface area contributed by atoms with Crippen LogP contribution in [0.2, 0.25) is 0 Å². The molecule has 4 nitrogen and oxygen atoms in total. The van der Waals surface area contributed by atoms with Gasteiger partial charge in [0.25, 0.3) is 5.91 Å².